The zero-order valence-electron chi connectivity index (χ0n) is 13.8. The van der Waals surface area contributed by atoms with Gasteiger partial charge in [0.1, 0.15) is 0 Å². The molecule has 0 saturated carbocycles. The molecule has 0 amide bonds. The molecule has 17 heavy (non-hydrogen) atoms. The van der Waals surface area contributed by atoms with Gasteiger partial charge in [-0.3, -0.25) is 0 Å². The molecule has 1 aliphatic rings. The highest BCUT2D eigenvalue weighted by Gasteiger charge is 2.30. The standard InChI is InChI=1S/C15H12Cl2/c16-11-6-7-12-13(9-15(17)14(12)8-11)10-4-2-1-3-5-10/h1-8,13,15H,9H2/t13?,15-/m0/s1/i1D,2D,3D,4D,5D. The molecule has 0 spiro atoms. The van der Waals surface area contributed by atoms with Gasteiger partial charge in [0.25, 0.3) is 0 Å². The number of halogens is 2. The molecule has 0 bridgehead atoms. The highest BCUT2D eigenvalue weighted by molar-refractivity contribution is 6.31. The van der Waals surface area contributed by atoms with Crippen molar-refractivity contribution in [3.63, 3.8) is 0 Å². The van der Waals surface area contributed by atoms with Gasteiger partial charge in [-0.2, -0.15) is 0 Å². The molecule has 0 N–H and O–H groups in total. The van der Waals surface area contributed by atoms with Crippen molar-refractivity contribution in [1.29, 1.82) is 0 Å². The average Bonchev–Trinajstić information content (AvgIpc) is 2.80. The molecule has 0 saturated heterocycles. The molecule has 3 rings (SSSR count). The maximum absolute atomic E-state index is 8.11. The fourth-order valence-electron chi connectivity index (χ4n) is 2.30. The van der Waals surface area contributed by atoms with E-state index >= 15 is 0 Å². The highest BCUT2D eigenvalue weighted by atomic mass is 35.5. The van der Waals surface area contributed by atoms with E-state index in [0.717, 1.165) is 11.1 Å². The molecule has 2 aromatic rings. The fourth-order valence-corrected chi connectivity index (χ4v) is 2.85. The van der Waals surface area contributed by atoms with Crippen LogP contribution in [0.2, 0.25) is 5.02 Å². The van der Waals surface area contributed by atoms with E-state index in [-0.39, 0.29) is 41.5 Å². The SMILES string of the molecule is [2H]c1c([2H])c([2H])c(C2C[C@H](Cl)c3cc(Cl)ccc32)c([2H])c1[2H]. The van der Waals surface area contributed by atoms with Crippen LogP contribution in [0, 0.1) is 0 Å². The maximum atomic E-state index is 8.11. The Morgan fingerprint density at radius 2 is 1.88 bits per heavy atom. The van der Waals surface area contributed by atoms with E-state index in [1.807, 2.05) is 6.07 Å². The van der Waals surface area contributed by atoms with Crippen LogP contribution in [-0.4, -0.2) is 0 Å². The number of benzene rings is 2. The van der Waals surface area contributed by atoms with E-state index in [9.17, 15) is 0 Å². The van der Waals surface area contributed by atoms with Crippen molar-refractivity contribution in [1.82, 2.24) is 0 Å². The summed E-state index contributed by atoms with van der Waals surface area (Å²) < 4.78 is 39.5. The van der Waals surface area contributed by atoms with Crippen LogP contribution in [0.25, 0.3) is 0 Å². The number of fused-ring (bicyclic) bond motifs is 1. The molecule has 0 nitrogen and oxygen atoms in total. The number of rotatable bonds is 1. The Morgan fingerprint density at radius 3 is 2.65 bits per heavy atom. The molecule has 2 atom stereocenters. The quantitative estimate of drug-likeness (QED) is 0.627. The third kappa shape index (κ3) is 1.96. The van der Waals surface area contributed by atoms with Gasteiger partial charge < -0.3 is 0 Å². The molecule has 0 fully saturated rings. The van der Waals surface area contributed by atoms with Crippen LogP contribution in [-0.2, 0) is 0 Å². The number of hydrogen-bond acceptors (Lipinski definition) is 0. The minimum atomic E-state index is -0.379. The summed E-state index contributed by atoms with van der Waals surface area (Å²) in [5.74, 6) is -0.316. The maximum Gasteiger partial charge on any atom is 0.0626 e. The van der Waals surface area contributed by atoms with Crippen molar-refractivity contribution in [2.75, 3.05) is 0 Å². The van der Waals surface area contributed by atoms with Crippen LogP contribution in [0.15, 0.2) is 48.4 Å². The van der Waals surface area contributed by atoms with Crippen molar-refractivity contribution in [3.8, 4) is 0 Å². The van der Waals surface area contributed by atoms with Gasteiger partial charge >= 0.3 is 0 Å². The summed E-state index contributed by atoms with van der Waals surface area (Å²) in [6.07, 6.45) is 0.491. The monoisotopic (exact) mass is 267 g/mol. The minimum absolute atomic E-state index is 0.164. The lowest BCUT2D eigenvalue weighted by Crippen LogP contribution is -1.95. The predicted molar refractivity (Wildman–Crippen MR) is 72.9 cm³/mol. The first-order valence-corrected chi connectivity index (χ1v) is 6.14. The van der Waals surface area contributed by atoms with Crippen molar-refractivity contribution >= 4 is 23.2 Å². The van der Waals surface area contributed by atoms with E-state index in [2.05, 4.69) is 0 Å². The van der Waals surface area contributed by atoms with Crippen LogP contribution >= 0.6 is 23.2 Å². The lowest BCUT2D eigenvalue weighted by Gasteiger charge is -2.11. The third-order valence-electron chi connectivity index (χ3n) is 3.07. The Morgan fingerprint density at radius 1 is 1.12 bits per heavy atom. The van der Waals surface area contributed by atoms with Gasteiger partial charge in [-0.05, 0) is 35.2 Å². The average molecular weight is 268 g/mol. The van der Waals surface area contributed by atoms with Crippen LogP contribution in [0.5, 0.6) is 0 Å². The summed E-state index contributed by atoms with van der Waals surface area (Å²) in [4.78, 5) is 0. The smallest absolute Gasteiger partial charge is 0.0626 e. The Labute approximate surface area is 118 Å². The molecular formula is C15H12Cl2. The normalized spacial score (nSPS) is 26.6. The molecular weight excluding hydrogens is 251 g/mol. The van der Waals surface area contributed by atoms with Gasteiger partial charge in [0.2, 0.25) is 0 Å². The molecule has 1 unspecified atom stereocenters. The summed E-state index contributed by atoms with van der Waals surface area (Å²) >= 11 is 12.4. The molecule has 0 aliphatic heterocycles. The Kier molecular flexibility index (Phi) is 1.75. The Balaban J connectivity index is 2.23. The first-order valence-electron chi connectivity index (χ1n) is 7.83. The zero-order valence-corrected chi connectivity index (χ0v) is 10.4. The number of hydrogen-bond donors (Lipinski definition) is 0. The first-order chi connectivity index (χ1) is 10.3. The molecule has 2 aromatic carbocycles. The molecule has 0 radical (unpaired) electrons. The summed E-state index contributed by atoms with van der Waals surface area (Å²) in [6, 6.07) is 4.00. The molecule has 0 aromatic heterocycles. The zero-order chi connectivity index (χ0) is 16.2. The largest absolute Gasteiger partial charge is 0.118 e. The minimum Gasteiger partial charge on any atom is -0.118 e. The second-order valence-electron chi connectivity index (χ2n) is 4.07. The lowest BCUT2D eigenvalue weighted by molar-refractivity contribution is 0.771. The van der Waals surface area contributed by atoms with Gasteiger partial charge in [-0.15, -0.1) is 11.6 Å². The van der Waals surface area contributed by atoms with E-state index in [1.54, 1.807) is 12.1 Å². The van der Waals surface area contributed by atoms with Gasteiger partial charge in [-0.25, -0.2) is 0 Å². The fraction of sp³-hybridized carbons (Fsp3) is 0.200. The first kappa shape index (κ1) is 6.82. The van der Waals surface area contributed by atoms with Crippen molar-refractivity contribution in [2.45, 2.75) is 17.7 Å². The Hall–Kier alpha value is -0.980. The molecule has 1 aliphatic carbocycles. The van der Waals surface area contributed by atoms with E-state index in [1.165, 1.54) is 0 Å². The predicted octanol–water partition coefficient (Wildman–Crippen LogP) is 5.16. The molecule has 0 heterocycles. The highest BCUT2D eigenvalue weighted by Crippen LogP contribution is 2.47. The van der Waals surface area contributed by atoms with Gasteiger partial charge in [0.15, 0.2) is 0 Å². The Bertz CT molecular complexity index is 746. The van der Waals surface area contributed by atoms with E-state index in [0.29, 0.717) is 17.0 Å². The second-order valence-corrected chi connectivity index (χ2v) is 5.03. The lowest BCUT2D eigenvalue weighted by atomic mass is 9.93. The van der Waals surface area contributed by atoms with Crippen molar-refractivity contribution in [3.05, 3.63) is 70.1 Å². The van der Waals surface area contributed by atoms with E-state index < -0.39 is 0 Å². The second kappa shape index (κ2) is 4.36. The van der Waals surface area contributed by atoms with Crippen LogP contribution in [0.1, 0.15) is 41.3 Å². The topological polar surface area (TPSA) is 0 Å². The summed E-state index contributed by atoms with van der Waals surface area (Å²) in [7, 11) is 0. The van der Waals surface area contributed by atoms with E-state index in [4.69, 9.17) is 30.1 Å². The van der Waals surface area contributed by atoms with Crippen molar-refractivity contribution < 1.29 is 6.85 Å². The van der Waals surface area contributed by atoms with Gasteiger partial charge in [0.05, 0.1) is 12.2 Å². The van der Waals surface area contributed by atoms with Crippen LogP contribution in [0.3, 0.4) is 0 Å². The molecule has 2 heteroatoms. The number of alkyl halides is 1. The van der Waals surface area contributed by atoms with Crippen molar-refractivity contribution in [2.24, 2.45) is 0 Å². The summed E-state index contributed by atoms with van der Waals surface area (Å²) in [5, 5.41) is 0.294. The summed E-state index contributed by atoms with van der Waals surface area (Å²) in [5.41, 5.74) is 2.05. The van der Waals surface area contributed by atoms with Gasteiger partial charge in [0, 0.05) is 10.9 Å². The van der Waals surface area contributed by atoms with Gasteiger partial charge in [-0.1, -0.05) is 47.9 Å². The third-order valence-corrected chi connectivity index (χ3v) is 3.72. The summed E-state index contributed by atoms with van der Waals surface area (Å²) in [6.45, 7) is 0. The molecule has 86 valence electrons. The van der Waals surface area contributed by atoms with Crippen LogP contribution < -0.4 is 0 Å². The van der Waals surface area contributed by atoms with Crippen LogP contribution in [0.4, 0.5) is 0 Å².